The van der Waals surface area contributed by atoms with Crippen molar-refractivity contribution in [1.82, 2.24) is 5.32 Å². The summed E-state index contributed by atoms with van der Waals surface area (Å²) >= 11 is 0. The van der Waals surface area contributed by atoms with Gasteiger partial charge >= 0.3 is 5.97 Å². The van der Waals surface area contributed by atoms with Crippen molar-refractivity contribution in [3.63, 3.8) is 0 Å². The van der Waals surface area contributed by atoms with Gasteiger partial charge in [0.25, 0.3) is 8.32 Å². The predicted octanol–water partition coefficient (Wildman–Crippen LogP) is 3.27. The Labute approximate surface area is 176 Å². The number of rotatable bonds is 10. The summed E-state index contributed by atoms with van der Waals surface area (Å²) in [6, 6.07) is 21.1. The SMILES string of the molecule is C=C[C@H](CO[Si](c1ccccc1)(c1ccccc1)C(C)(C)C)NCCC(=O)OC. The van der Waals surface area contributed by atoms with Gasteiger partial charge in [0.2, 0.25) is 0 Å². The van der Waals surface area contributed by atoms with E-state index >= 15 is 0 Å². The molecule has 0 aliphatic rings. The van der Waals surface area contributed by atoms with Crippen LogP contribution in [0.4, 0.5) is 0 Å². The largest absolute Gasteiger partial charge is 0.469 e. The fourth-order valence-corrected chi connectivity index (χ4v) is 8.23. The van der Waals surface area contributed by atoms with E-state index in [0.717, 1.165) is 0 Å². The van der Waals surface area contributed by atoms with Gasteiger partial charge in [-0.1, -0.05) is 87.5 Å². The van der Waals surface area contributed by atoms with E-state index in [1.807, 2.05) is 18.2 Å². The second kappa shape index (κ2) is 10.5. The van der Waals surface area contributed by atoms with E-state index in [-0.39, 0.29) is 17.0 Å². The third-order valence-corrected chi connectivity index (χ3v) is 10.1. The highest BCUT2D eigenvalue weighted by molar-refractivity contribution is 6.99. The van der Waals surface area contributed by atoms with Crippen molar-refractivity contribution in [2.24, 2.45) is 0 Å². The van der Waals surface area contributed by atoms with Crippen LogP contribution in [0.5, 0.6) is 0 Å². The Morgan fingerprint density at radius 1 is 1.07 bits per heavy atom. The van der Waals surface area contributed by atoms with Gasteiger partial charge in [-0.25, -0.2) is 0 Å². The van der Waals surface area contributed by atoms with Gasteiger partial charge in [-0.15, -0.1) is 6.58 Å². The summed E-state index contributed by atoms with van der Waals surface area (Å²) in [5.74, 6) is -0.229. The van der Waals surface area contributed by atoms with Gasteiger partial charge in [0.1, 0.15) is 0 Å². The van der Waals surface area contributed by atoms with Crippen molar-refractivity contribution in [2.75, 3.05) is 20.3 Å². The number of methoxy groups -OCH3 is 1. The third-order valence-electron chi connectivity index (χ3n) is 5.14. The molecule has 0 aliphatic carbocycles. The molecule has 0 spiro atoms. The summed E-state index contributed by atoms with van der Waals surface area (Å²) in [6.45, 7) is 11.7. The first kappa shape index (κ1) is 23.1. The minimum Gasteiger partial charge on any atom is -0.469 e. The summed E-state index contributed by atoms with van der Waals surface area (Å²) in [5, 5.41) is 5.76. The maximum Gasteiger partial charge on any atom is 0.306 e. The third kappa shape index (κ3) is 5.66. The molecule has 156 valence electrons. The maximum absolute atomic E-state index is 11.4. The molecule has 0 aliphatic heterocycles. The molecule has 0 unspecified atom stereocenters. The van der Waals surface area contributed by atoms with Crippen LogP contribution in [-0.2, 0) is 14.0 Å². The van der Waals surface area contributed by atoms with Crippen molar-refractivity contribution in [3.8, 4) is 0 Å². The van der Waals surface area contributed by atoms with E-state index in [2.05, 4.69) is 81.2 Å². The Balaban J connectivity index is 2.33. The highest BCUT2D eigenvalue weighted by Crippen LogP contribution is 2.36. The van der Waals surface area contributed by atoms with E-state index in [4.69, 9.17) is 9.16 Å². The predicted molar refractivity (Wildman–Crippen MR) is 122 cm³/mol. The van der Waals surface area contributed by atoms with Crippen LogP contribution in [0.1, 0.15) is 27.2 Å². The summed E-state index contributed by atoms with van der Waals surface area (Å²) in [7, 11) is -1.17. The molecule has 0 aromatic heterocycles. The zero-order chi connectivity index (χ0) is 21.3. The smallest absolute Gasteiger partial charge is 0.306 e. The van der Waals surface area contributed by atoms with E-state index in [1.54, 1.807) is 0 Å². The molecule has 0 heterocycles. The molecule has 0 amide bonds. The summed E-state index contributed by atoms with van der Waals surface area (Å²) in [6.07, 6.45) is 2.16. The molecule has 5 heteroatoms. The Hall–Kier alpha value is -2.21. The van der Waals surface area contributed by atoms with E-state index < -0.39 is 8.32 Å². The molecule has 2 aromatic carbocycles. The van der Waals surface area contributed by atoms with Gasteiger partial charge in [-0.05, 0) is 15.4 Å². The van der Waals surface area contributed by atoms with Crippen molar-refractivity contribution >= 4 is 24.7 Å². The van der Waals surface area contributed by atoms with E-state index in [9.17, 15) is 4.79 Å². The van der Waals surface area contributed by atoms with Crippen LogP contribution in [0.2, 0.25) is 5.04 Å². The van der Waals surface area contributed by atoms with Gasteiger partial charge in [-0.2, -0.15) is 0 Å². The topological polar surface area (TPSA) is 47.6 Å². The first-order valence-corrected chi connectivity index (χ1v) is 11.9. The molecule has 0 fully saturated rings. The number of ether oxygens (including phenoxy) is 1. The molecule has 2 rings (SSSR count). The van der Waals surface area contributed by atoms with Crippen molar-refractivity contribution in [3.05, 3.63) is 73.3 Å². The van der Waals surface area contributed by atoms with E-state index in [1.165, 1.54) is 17.5 Å². The average molecular weight is 412 g/mol. The van der Waals surface area contributed by atoms with Crippen molar-refractivity contribution in [1.29, 1.82) is 0 Å². The molecule has 0 saturated carbocycles. The second-order valence-electron chi connectivity index (χ2n) is 8.10. The highest BCUT2D eigenvalue weighted by atomic mass is 28.4. The molecule has 29 heavy (non-hydrogen) atoms. The molecular weight excluding hydrogens is 378 g/mol. The van der Waals surface area contributed by atoms with Crippen LogP contribution in [0, 0.1) is 0 Å². The number of nitrogens with one attached hydrogen (secondary N) is 1. The molecule has 4 nitrogen and oxygen atoms in total. The lowest BCUT2D eigenvalue weighted by Crippen LogP contribution is -2.67. The molecule has 2 aromatic rings. The van der Waals surface area contributed by atoms with Crippen LogP contribution in [-0.4, -0.2) is 40.6 Å². The Morgan fingerprint density at radius 2 is 1.59 bits per heavy atom. The van der Waals surface area contributed by atoms with Crippen molar-refractivity contribution < 1.29 is 14.0 Å². The zero-order valence-electron chi connectivity index (χ0n) is 18.0. The monoisotopic (exact) mass is 411 g/mol. The maximum atomic E-state index is 11.4. The number of carbonyl (C=O) groups is 1. The van der Waals surface area contributed by atoms with Gasteiger partial charge in [0.15, 0.2) is 0 Å². The summed E-state index contributed by atoms with van der Waals surface area (Å²) in [5.41, 5.74) is 0. The first-order chi connectivity index (χ1) is 13.8. The molecular formula is C24H33NO3Si. The molecule has 1 N–H and O–H groups in total. The van der Waals surface area contributed by atoms with E-state index in [0.29, 0.717) is 19.6 Å². The lowest BCUT2D eigenvalue weighted by Gasteiger charge is -2.43. The van der Waals surface area contributed by atoms with Gasteiger partial charge in [0.05, 0.1) is 20.1 Å². The van der Waals surface area contributed by atoms with Crippen LogP contribution in [0.15, 0.2) is 73.3 Å². The molecule has 0 saturated heterocycles. The summed E-state index contributed by atoms with van der Waals surface area (Å²) < 4.78 is 11.6. The normalized spacial score (nSPS) is 13.0. The zero-order valence-corrected chi connectivity index (χ0v) is 19.0. The number of hydrogen-bond donors (Lipinski definition) is 1. The molecule has 0 bridgehead atoms. The fourth-order valence-electron chi connectivity index (χ4n) is 3.65. The lowest BCUT2D eigenvalue weighted by atomic mass is 10.2. The number of carbonyl (C=O) groups excluding carboxylic acids is 1. The number of hydrogen-bond acceptors (Lipinski definition) is 4. The minimum atomic E-state index is -2.58. The van der Waals surface area contributed by atoms with Gasteiger partial charge in [0, 0.05) is 12.6 Å². The first-order valence-electron chi connectivity index (χ1n) is 10.0. The van der Waals surface area contributed by atoms with Crippen LogP contribution >= 0.6 is 0 Å². The van der Waals surface area contributed by atoms with Crippen LogP contribution in [0.3, 0.4) is 0 Å². The molecule has 0 radical (unpaired) electrons. The Kier molecular flexibility index (Phi) is 8.38. The van der Waals surface area contributed by atoms with Crippen molar-refractivity contribution in [2.45, 2.75) is 38.3 Å². The van der Waals surface area contributed by atoms with Gasteiger partial charge in [-0.3, -0.25) is 4.79 Å². The van der Waals surface area contributed by atoms with Crippen LogP contribution < -0.4 is 15.7 Å². The van der Waals surface area contributed by atoms with Crippen LogP contribution in [0.25, 0.3) is 0 Å². The Morgan fingerprint density at radius 3 is 2.00 bits per heavy atom. The highest BCUT2D eigenvalue weighted by Gasteiger charge is 2.50. The fraction of sp³-hybridized carbons (Fsp3) is 0.375. The lowest BCUT2D eigenvalue weighted by molar-refractivity contribution is -0.140. The quantitative estimate of drug-likeness (QED) is 0.370. The standard InChI is InChI=1S/C24H33NO3Si/c1-6-20(25-18-17-23(26)27-5)19-28-29(24(2,3)4,21-13-9-7-10-14-21)22-15-11-8-12-16-22/h6-16,20,25H,1,17-19H2,2-5H3/t20-/m1/s1. The van der Waals surface area contributed by atoms with Gasteiger partial charge < -0.3 is 14.5 Å². The number of esters is 1. The summed E-state index contributed by atoms with van der Waals surface area (Å²) in [4.78, 5) is 11.4. The second-order valence-corrected chi connectivity index (χ2v) is 12.4. The minimum absolute atomic E-state index is 0.0543. The molecule has 1 atom stereocenters. The number of benzene rings is 2. The Bertz CT molecular complexity index is 732. The average Bonchev–Trinajstić information content (AvgIpc) is 2.73.